The zero-order valence-electron chi connectivity index (χ0n) is 11.4. The fourth-order valence-corrected chi connectivity index (χ4v) is 3.67. The third-order valence-corrected chi connectivity index (χ3v) is 5.25. The highest BCUT2D eigenvalue weighted by Crippen LogP contribution is 2.46. The van der Waals surface area contributed by atoms with Gasteiger partial charge in [0.25, 0.3) is 0 Å². The van der Waals surface area contributed by atoms with Gasteiger partial charge in [-0.2, -0.15) is 0 Å². The fourth-order valence-electron chi connectivity index (χ4n) is 3.67. The van der Waals surface area contributed by atoms with Gasteiger partial charge in [0.15, 0.2) is 0 Å². The second kappa shape index (κ2) is 5.20. The molecule has 0 aromatic rings. The minimum absolute atomic E-state index is 0.323. The summed E-state index contributed by atoms with van der Waals surface area (Å²) in [6.45, 7) is 3.61. The molecule has 0 atom stereocenters. The van der Waals surface area contributed by atoms with Gasteiger partial charge in [0.1, 0.15) is 0 Å². The van der Waals surface area contributed by atoms with Crippen molar-refractivity contribution in [2.45, 2.75) is 51.4 Å². The number of carbonyl (C=O) groups is 1. The number of nitrogens with zero attached hydrogens (tertiary/aromatic N) is 1. The molecule has 3 nitrogen and oxygen atoms in total. The molecule has 18 heavy (non-hydrogen) atoms. The van der Waals surface area contributed by atoms with Crippen molar-refractivity contribution in [3.05, 3.63) is 0 Å². The van der Waals surface area contributed by atoms with Crippen molar-refractivity contribution in [2.24, 2.45) is 11.3 Å². The van der Waals surface area contributed by atoms with Crippen molar-refractivity contribution < 1.29 is 4.79 Å². The third-order valence-electron chi connectivity index (χ3n) is 5.25. The number of amides is 1. The molecule has 1 aliphatic heterocycles. The van der Waals surface area contributed by atoms with Gasteiger partial charge >= 0.3 is 0 Å². The van der Waals surface area contributed by atoms with Gasteiger partial charge in [-0.05, 0) is 56.4 Å². The van der Waals surface area contributed by atoms with Gasteiger partial charge in [0.05, 0.1) is 6.54 Å². The quantitative estimate of drug-likeness (QED) is 0.829. The van der Waals surface area contributed by atoms with Crippen LogP contribution < -0.4 is 5.32 Å². The Kier molecular flexibility index (Phi) is 3.60. The Morgan fingerprint density at radius 1 is 1.11 bits per heavy atom. The lowest BCUT2D eigenvalue weighted by Crippen LogP contribution is -2.45. The molecule has 2 saturated carbocycles. The lowest BCUT2D eigenvalue weighted by atomic mass is 9.77. The summed E-state index contributed by atoms with van der Waals surface area (Å²) in [4.78, 5) is 14.2. The second-order valence-corrected chi connectivity index (χ2v) is 6.66. The van der Waals surface area contributed by atoms with E-state index in [1.54, 1.807) is 0 Å². The predicted octanol–water partition coefficient (Wildman–Crippen LogP) is 2.17. The Morgan fingerprint density at radius 3 is 2.39 bits per heavy atom. The molecule has 0 bridgehead atoms. The molecule has 0 radical (unpaired) electrons. The first-order valence-corrected chi connectivity index (χ1v) is 7.76. The van der Waals surface area contributed by atoms with Crippen molar-refractivity contribution in [3.63, 3.8) is 0 Å². The van der Waals surface area contributed by atoms with Crippen LogP contribution in [0.25, 0.3) is 0 Å². The Bertz CT molecular complexity index is 296. The highest BCUT2D eigenvalue weighted by Gasteiger charge is 2.37. The first kappa shape index (κ1) is 12.5. The number of hydrogen-bond donors (Lipinski definition) is 1. The van der Waals surface area contributed by atoms with Crippen molar-refractivity contribution in [2.75, 3.05) is 26.2 Å². The minimum atomic E-state index is 0.323. The molecule has 0 aromatic carbocycles. The first-order chi connectivity index (χ1) is 8.77. The molecular formula is C15H26N2O. The van der Waals surface area contributed by atoms with Gasteiger partial charge in [-0.25, -0.2) is 0 Å². The number of rotatable bonds is 4. The molecule has 3 aliphatic rings. The number of carbonyl (C=O) groups excluding carboxylic acids is 1. The van der Waals surface area contributed by atoms with Crippen LogP contribution in [0.3, 0.4) is 0 Å². The molecule has 0 unspecified atom stereocenters. The lowest BCUT2D eigenvalue weighted by molar-refractivity contribution is -0.132. The van der Waals surface area contributed by atoms with E-state index >= 15 is 0 Å². The van der Waals surface area contributed by atoms with Crippen LogP contribution in [0, 0.1) is 11.3 Å². The zero-order valence-corrected chi connectivity index (χ0v) is 11.4. The van der Waals surface area contributed by atoms with E-state index in [-0.39, 0.29) is 0 Å². The summed E-state index contributed by atoms with van der Waals surface area (Å²) >= 11 is 0. The van der Waals surface area contributed by atoms with Crippen LogP contribution in [0.2, 0.25) is 0 Å². The summed E-state index contributed by atoms with van der Waals surface area (Å²) < 4.78 is 0. The summed E-state index contributed by atoms with van der Waals surface area (Å²) in [7, 11) is 0. The largest absolute Gasteiger partial charge is 0.342 e. The van der Waals surface area contributed by atoms with Gasteiger partial charge in [0, 0.05) is 13.1 Å². The fraction of sp³-hybridized carbons (Fsp3) is 0.933. The van der Waals surface area contributed by atoms with Crippen LogP contribution in [0.4, 0.5) is 0 Å². The average Bonchev–Trinajstić information content (AvgIpc) is 3.10. The maximum atomic E-state index is 12.1. The van der Waals surface area contributed by atoms with E-state index in [0.29, 0.717) is 17.9 Å². The molecule has 3 heteroatoms. The molecule has 3 rings (SSSR count). The summed E-state index contributed by atoms with van der Waals surface area (Å²) in [5, 5.41) is 3.31. The van der Waals surface area contributed by atoms with Crippen LogP contribution in [0.1, 0.15) is 51.4 Å². The van der Waals surface area contributed by atoms with Crippen LogP contribution in [-0.4, -0.2) is 37.0 Å². The minimum Gasteiger partial charge on any atom is -0.342 e. The standard InChI is InChI=1S/C15H26N2O/c18-14(12-16-11-13-3-4-13)17-9-7-15(8-10-17)5-1-2-6-15/h13,16H,1-12H2. The highest BCUT2D eigenvalue weighted by atomic mass is 16.2. The molecule has 1 N–H and O–H groups in total. The van der Waals surface area contributed by atoms with Crippen molar-refractivity contribution in [3.8, 4) is 0 Å². The van der Waals surface area contributed by atoms with Crippen LogP contribution in [0.5, 0.6) is 0 Å². The Morgan fingerprint density at radius 2 is 1.78 bits per heavy atom. The average molecular weight is 250 g/mol. The predicted molar refractivity (Wildman–Crippen MR) is 72.3 cm³/mol. The van der Waals surface area contributed by atoms with Crippen LogP contribution in [-0.2, 0) is 4.79 Å². The summed E-state index contributed by atoms with van der Waals surface area (Å²) in [5.74, 6) is 1.18. The van der Waals surface area contributed by atoms with E-state index in [1.165, 1.54) is 51.4 Å². The lowest BCUT2D eigenvalue weighted by Gasteiger charge is -2.39. The molecule has 1 saturated heterocycles. The molecule has 3 fully saturated rings. The van der Waals surface area contributed by atoms with Crippen molar-refractivity contribution in [1.82, 2.24) is 10.2 Å². The maximum absolute atomic E-state index is 12.1. The molecule has 1 amide bonds. The van der Waals surface area contributed by atoms with E-state index in [9.17, 15) is 4.79 Å². The number of hydrogen-bond acceptors (Lipinski definition) is 2. The van der Waals surface area contributed by atoms with Gasteiger partial charge in [-0.1, -0.05) is 12.8 Å². The van der Waals surface area contributed by atoms with E-state index in [4.69, 9.17) is 0 Å². The Hall–Kier alpha value is -0.570. The summed E-state index contributed by atoms with van der Waals surface area (Å²) in [6, 6.07) is 0. The Labute approximate surface area is 110 Å². The molecule has 0 aromatic heterocycles. The Balaban J connectivity index is 1.39. The molecule has 1 spiro atoms. The van der Waals surface area contributed by atoms with Gasteiger partial charge < -0.3 is 10.2 Å². The molecule has 1 heterocycles. The van der Waals surface area contributed by atoms with Gasteiger partial charge in [-0.3, -0.25) is 4.79 Å². The monoisotopic (exact) mass is 250 g/mol. The van der Waals surface area contributed by atoms with E-state index < -0.39 is 0 Å². The van der Waals surface area contributed by atoms with Crippen LogP contribution in [0.15, 0.2) is 0 Å². The first-order valence-electron chi connectivity index (χ1n) is 7.76. The SMILES string of the molecule is O=C(CNCC1CC1)N1CCC2(CCCC2)CC1. The van der Waals surface area contributed by atoms with Crippen molar-refractivity contribution in [1.29, 1.82) is 0 Å². The highest BCUT2D eigenvalue weighted by molar-refractivity contribution is 5.78. The second-order valence-electron chi connectivity index (χ2n) is 6.66. The van der Waals surface area contributed by atoms with E-state index in [2.05, 4.69) is 10.2 Å². The summed E-state index contributed by atoms with van der Waals surface area (Å²) in [6.07, 6.45) is 10.9. The summed E-state index contributed by atoms with van der Waals surface area (Å²) in [5.41, 5.74) is 0.623. The van der Waals surface area contributed by atoms with Gasteiger partial charge in [-0.15, -0.1) is 0 Å². The molecular weight excluding hydrogens is 224 g/mol. The molecule has 102 valence electrons. The van der Waals surface area contributed by atoms with Crippen LogP contribution >= 0.6 is 0 Å². The van der Waals surface area contributed by atoms with Gasteiger partial charge in [0.2, 0.25) is 5.91 Å². The third kappa shape index (κ3) is 2.87. The topological polar surface area (TPSA) is 32.3 Å². The van der Waals surface area contributed by atoms with Crippen molar-refractivity contribution >= 4 is 5.91 Å². The van der Waals surface area contributed by atoms with E-state index in [0.717, 1.165) is 25.6 Å². The normalized spacial score (nSPS) is 26.8. The number of piperidine rings is 1. The smallest absolute Gasteiger partial charge is 0.236 e. The molecule has 2 aliphatic carbocycles. The van der Waals surface area contributed by atoms with E-state index in [1.807, 2.05) is 0 Å². The maximum Gasteiger partial charge on any atom is 0.236 e. The zero-order chi connectivity index (χ0) is 12.4. The number of likely N-dealkylation sites (tertiary alicyclic amines) is 1. The number of nitrogens with one attached hydrogen (secondary N) is 1.